The molecule has 20 aromatic carbocycles. The van der Waals surface area contributed by atoms with Crippen LogP contribution in [-0.2, 0) is 0 Å². The molecule has 20 rings (SSSR count). The summed E-state index contributed by atoms with van der Waals surface area (Å²) in [6, 6.07) is 149. The van der Waals surface area contributed by atoms with Crippen molar-refractivity contribution >= 4 is 101 Å². The van der Waals surface area contributed by atoms with Crippen LogP contribution in [0.3, 0.4) is 0 Å². The number of rotatable bonds is 20. The van der Waals surface area contributed by atoms with Gasteiger partial charge in [-0.2, -0.15) is 0 Å². The first-order chi connectivity index (χ1) is 59.2. The SMILES string of the molecule is Fc1ccc(N(c2ccccc2-c2ccccc2)c2cc(N(c3ccccc3-c3ccccc3)c3ccc(F)cc3-c3ccccc3)c3ccc4c(N(c5ccccc5-c5ccccc5)c5ccc(F)cc5-c5ccccc5)cc(N(c5ccccc5-c5ccccc5)c5ccc(F)cc5-c5ccccc5)c5ccc2c3c54)c(-c2ccccc2)c1. The van der Waals surface area contributed by atoms with Gasteiger partial charge in [-0.15, -0.1) is 0 Å². The Morgan fingerprint density at radius 3 is 0.475 bits per heavy atom. The molecule has 0 saturated heterocycles. The van der Waals surface area contributed by atoms with Crippen molar-refractivity contribution in [1.29, 1.82) is 0 Å². The van der Waals surface area contributed by atoms with Crippen LogP contribution in [0.1, 0.15) is 0 Å². The molecule has 120 heavy (non-hydrogen) atoms. The molecule has 0 unspecified atom stereocenters. The first kappa shape index (κ1) is 73.3. The third-order valence-corrected chi connectivity index (χ3v) is 22.8. The van der Waals surface area contributed by atoms with Crippen molar-refractivity contribution in [3.05, 3.63) is 472 Å². The largest absolute Gasteiger partial charge is 0.309 e. The van der Waals surface area contributed by atoms with E-state index < -0.39 is 23.3 Å². The van der Waals surface area contributed by atoms with Gasteiger partial charge in [-0.3, -0.25) is 0 Å². The lowest BCUT2D eigenvalue weighted by molar-refractivity contribution is 0.628. The van der Waals surface area contributed by atoms with Crippen molar-refractivity contribution in [2.45, 2.75) is 0 Å². The van der Waals surface area contributed by atoms with Gasteiger partial charge in [0.1, 0.15) is 23.3 Å². The quantitative estimate of drug-likeness (QED) is 0.0557. The molecular weight excluding hydrogens is 1480 g/mol. The predicted octanol–water partition coefficient (Wildman–Crippen LogP) is 32.4. The van der Waals surface area contributed by atoms with Gasteiger partial charge in [0.15, 0.2) is 0 Å². The van der Waals surface area contributed by atoms with Crippen molar-refractivity contribution in [3.8, 4) is 89.0 Å². The van der Waals surface area contributed by atoms with E-state index >= 15 is 17.6 Å². The summed E-state index contributed by atoms with van der Waals surface area (Å²) in [6.45, 7) is 0. The lowest BCUT2D eigenvalue weighted by Crippen LogP contribution is -2.18. The van der Waals surface area contributed by atoms with E-state index in [1.165, 1.54) is 0 Å². The van der Waals surface area contributed by atoms with Gasteiger partial charge in [-0.25, -0.2) is 17.6 Å². The first-order valence-electron chi connectivity index (χ1n) is 40.2. The average Bonchev–Trinajstić information content (AvgIpc) is 0.693. The molecule has 570 valence electrons. The molecule has 0 fully saturated rings. The second-order valence-electron chi connectivity index (χ2n) is 29.9. The minimum Gasteiger partial charge on any atom is -0.309 e. The molecule has 0 aliphatic heterocycles. The molecule has 0 aliphatic carbocycles. The van der Waals surface area contributed by atoms with E-state index in [1.807, 2.05) is 170 Å². The van der Waals surface area contributed by atoms with Gasteiger partial charge < -0.3 is 19.6 Å². The van der Waals surface area contributed by atoms with E-state index in [1.54, 1.807) is 48.5 Å². The highest BCUT2D eigenvalue weighted by Crippen LogP contribution is 2.60. The second-order valence-corrected chi connectivity index (χ2v) is 29.9. The lowest BCUT2D eigenvalue weighted by Gasteiger charge is -2.37. The van der Waals surface area contributed by atoms with Gasteiger partial charge in [-0.05, 0) is 154 Å². The third kappa shape index (κ3) is 13.6. The Labute approximate surface area is 694 Å². The highest BCUT2D eigenvalue weighted by Gasteiger charge is 2.35. The molecule has 0 spiro atoms. The van der Waals surface area contributed by atoms with Crippen LogP contribution in [0.2, 0.25) is 0 Å². The molecule has 4 nitrogen and oxygen atoms in total. The Hall–Kier alpha value is -15.6. The zero-order valence-electron chi connectivity index (χ0n) is 65.0. The Morgan fingerprint density at radius 2 is 0.283 bits per heavy atom. The molecular formula is C112H74F4N4. The van der Waals surface area contributed by atoms with Gasteiger partial charge in [-0.1, -0.05) is 340 Å². The molecule has 0 amide bonds. The maximum Gasteiger partial charge on any atom is 0.123 e. The van der Waals surface area contributed by atoms with Crippen LogP contribution in [0.5, 0.6) is 0 Å². The van der Waals surface area contributed by atoms with Crippen LogP contribution < -0.4 is 19.6 Å². The van der Waals surface area contributed by atoms with Crippen molar-refractivity contribution in [2.24, 2.45) is 0 Å². The highest BCUT2D eigenvalue weighted by atomic mass is 19.1. The molecule has 0 aliphatic rings. The van der Waals surface area contributed by atoms with E-state index in [0.717, 1.165) is 122 Å². The fourth-order valence-electron chi connectivity index (χ4n) is 17.5. The number of nitrogens with zero attached hydrogens (tertiary/aromatic N) is 4. The molecule has 0 radical (unpaired) electrons. The van der Waals surface area contributed by atoms with Crippen LogP contribution in [0, 0.1) is 23.3 Å². The molecule has 0 N–H and O–H groups in total. The smallest absolute Gasteiger partial charge is 0.123 e. The zero-order valence-corrected chi connectivity index (χ0v) is 65.0. The van der Waals surface area contributed by atoms with Gasteiger partial charge in [0, 0.05) is 76.8 Å². The monoisotopic (exact) mass is 1550 g/mol. The van der Waals surface area contributed by atoms with Crippen molar-refractivity contribution in [1.82, 2.24) is 0 Å². The summed E-state index contributed by atoms with van der Waals surface area (Å²) in [5.41, 5.74) is 21.8. The van der Waals surface area contributed by atoms with Gasteiger partial charge in [0.2, 0.25) is 0 Å². The van der Waals surface area contributed by atoms with Crippen LogP contribution in [0.15, 0.2) is 449 Å². The molecule has 20 aromatic rings. The molecule has 0 saturated carbocycles. The standard InChI is InChI=1S/C112H74F4N4/c113-83-57-65-103(95(69-83)79-41-17-5-18-42-79)117(99-53-29-25-49-87(99)75-33-9-1-10-34-75)107-73-108(118(100-54-30-26-50-88(100)76-35-11-2-12-36-76)104-66-58-84(114)70-96(104)80-43-19-6-20-44-80)92-63-64-94-110(120(102-56-32-28-52-90(102)78-39-15-4-16-40-78)106-68-60-86(116)72-98(106)82-47-23-8-24-48-82)74-109(93-62-61-91(107)111(92)112(93)94)119(101-55-31-27-51-89(101)77-37-13-3-14-38-77)105-67-59-85(115)71-97(105)81-45-21-7-22-46-81/h1-74H. The van der Waals surface area contributed by atoms with E-state index in [4.69, 9.17) is 0 Å². The minimum absolute atomic E-state index is 0.414. The van der Waals surface area contributed by atoms with Crippen molar-refractivity contribution < 1.29 is 17.6 Å². The summed E-state index contributed by atoms with van der Waals surface area (Å²) in [5, 5.41) is 4.90. The van der Waals surface area contributed by atoms with Crippen LogP contribution in [0.25, 0.3) is 121 Å². The highest BCUT2D eigenvalue weighted by molar-refractivity contribution is 6.34. The summed E-state index contributed by atoms with van der Waals surface area (Å²) >= 11 is 0. The summed E-state index contributed by atoms with van der Waals surface area (Å²) in [4.78, 5) is 9.24. The molecule has 0 aromatic heterocycles. The number of halogens is 4. The second kappa shape index (κ2) is 31.9. The van der Waals surface area contributed by atoms with Crippen LogP contribution in [-0.4, -0.2) is 0 Å². The zero-order chi connectivity index (χ0) is 80.6. The Kier molecular flexibility index (Phi) is 19.5. The average molecular weight is 1550 g/mol. The van der Waals surface area contributed by atoms with Gasteiger partial charge in [0.25, 0.3) is 0 Å². The number of anilines is 12. The molecule has 0 atom stereocenters. The van der Waals surface area contributed by atoms with E-state index in [0.29, 0.717) is 67.8 Å². The Morgan fingerprint density at radius 1 is 0.125 bits per heavy atom. The number of benzene rings is 20. The fourth-order valence-corrected chi connectivity index (χ4v) is 17.5. The van der Waals surface area contributed by atoms with E-state index in [9.17, 15) is 0 Å². The Balaban J connectivity index is 1.04. The van der Waals surface area contributed by atoms with Crippen molar-refractivity contribution in [3.63, 3.8) is 0 Å². The van der Waals surface area contributed by atoms with Gasteiger partial charge in [0.05, 0.1) is 68.2 Å². The third-order valence-electron chi connectivity index (χ3n) is 22.8. The molecule has 8 heteroatoms. The maximum absolute atomic E-state index is 17.0. The summed E-state index contributed by atoms with van der Waals surface area (Å²) in [7, 11) is 0. The minimum atomic E-state index is -0.414. The first-order valence-corrected chi connectivity index (χ1v) is 40.2. The van der Waals surface area contributed by atoms with Crippen LogP contribution in [0.4, 0.5) is 85.8 Å². The molecule has 0 bridgehead atoms. The summed E-state index contributed by atoms with van der Waals surface area (Å²) < 4.78 is 68.1. The molecule has 0 heterocycles. The number of hydrogen-bond acceptors (Lipinski definition) is 4. The van der Waals surface area contributed by atoms with Crippen LogP contribution >= 0.6 is 0 Å². The normalized spacial score (nSPS) is 11.3. The maximum atomic E-state index is 17.0. The van der Waals surface area contributed by atoms with E-state index in [-0.39, 0.29) is 0 Å². The predicted molar refractivity (Wildman–Crippen MR) is 492 cm³/mol. The topological polar surface area (TPSA) is 13.0 Å². The number of hydrogen-bond donors (Lipinski definition) is 0. The van der Waals surface area contributed by atoms with Crippen molar-refractivity contribution in [2.75, 3.05) is 19.6 Å². The van der Waals surface area contributed by atoms with E-state index in [2.05, 4.69) is 250 Å². The lowest BCUT2D eigenvalue weighted by atomic mass is 9.87. The Bertz CT molecular complexity index is 6290. The fraction of sp³-hybridized carbons (Fsp3) is 0. The van der Waals surface area contributed by atoms with Gasteiger partial charge >= 0.3 is 0 Å². The number of para-hydroxylation sites is 4. The summed E-state index contributed by atoms with van der Waals surface area (Å²) in [5.74, 6) is -1.65. The summed E-state index contributed by atoms with van der Waals surface area (Å²) in [6.07, 6.45) is 0.